The van der Waals surface area contributed by atoms with Gasteiger partial charge in [0.1, 0.15) is 0 Å². The third-order valence-electron chi connectivity index (χ3n) is 1.21. The summed E-state index contributed by atoms with van der Waals surface area (Å²) >= 11 is 0. The highest BCUT2D eigenvalue weighted by Crippen LogP contribution is 2.21. The standard InChI is InChI=1S/C7H15N.C2H6/c1-7(2,3)8-6-4-5-6;1-2/h6,8H,4-5H2,1-3H3;1-2H3. The topological polar surface area (TPSA) is 12.0 Å². The van der Waals surface area contributed by atoms with E-state index in [0.29, 0.717) is 5.54 Å². The second kappa shape index (κ2) is 3.97. The Morgan fingerprint density at radius 3 is 1.60 bits per heavy atom. The van der Waals surface area contributed by atoms with Gasteiger partial charge in [-0.25, -0.2) is 0 Å². The fraction of sp³-hybridized carbons (Fsp3) is 1.00. The highest BCUT2D eigenvalue weighted by molar-refractivity contribution is 4.86. The summed E-state index contributed by atoms with van der Waals surface area (Å²) in [7, 11) is 0. The van der Waals surface area contributed by atoms with Crippen LogP contribution in [-0.4, -0.2) is 11.6 Å². The highest BCUT2D eigenvalue weighted by Gasteiger charge is 2.25. The molecule has 0 aliphatic heterocycles. The number of rotatable bonds is 1. The van der Waals surface area contributed by atoms with Gasteiger partial charge in [-0.1, -0.05) is 13.8 Å². The van der Waals surface area contributed by atoms with Crippen molar-refractivity contribution in [3.63, 3.8) is 0 Å². The smallest absolute Gasteiger partial charge is 0.00990 e. The van der Waals surface area contributed by atoms with Crippen molar-refractivity contribution in [3.8, 4) is 0 Å². The van der Waals surface area contributed by atoms with Gasteiger partial charge >= 0.3 is 0 Å². The maximum absolute atomic E-state index is 3.49. The molecule has 1 N–H and O–H groups in total. The van der Waals surface area contributed by atoms with Gasteiger partial charge in [0.15, 0.2) is 0 Å². The molecule has 0 bridgehead atoms. The van der Waals surface area contributed by atoms with Gasteiger partial charge in [-0.3, -0.25) is 0 Å². The molecule has 10 heavy (non-hydrogen) atoms. The van der Waals surface area contributed by atoms with Crippen molar-refractivity contribution in [3.05, 3.63) is 0 Å². The molecule has 0 unspecified atom stereocenters. The predicted octanol–water partition coefficient (Wildman–Crippen LogP) is 2.56. The normalized spacial score (nSPS) is 17.7. The van der Waals surface area contributed by atoms with Gasteiger partial charge in [-0.15, -0.1) is 0 Å². The van der Waals surface area contributed by atoms with Crippen LogP contribution in [-0.2, 0) is 0 Å². The molecular weight excluding hydrogens is 122 g/mol. The molecule has 1 aliphatic carbocycles. The third kappa shape index (κ3) is 6.09. The molecule has 1 saturated carbocycles. The summed E-state index contributed by atoms with van der Waals surface area (Å²) in [5, 5.41) is 3.49. The zero-order valence-corrected chi connectivity index (χ0v) is 7.99. The lowest BCUT2D eigenvalue weighted by molar-refractivity contribution is 0.422. The molecular formula is C9H21N. The molecule has 1 nitrogen and oxygen atoms in total. The minimum Gasteiger partial charge on any atom is -0.309 e. The summed E-state index contributed by atoms with van der Waals surface area (Å²) in [4.78, 5) is 0. The van der Waals surface area contributed by atoms with Crippen LogP contribution in [0, 0.1) is 0 Å². The largest absolute Gasteiger partial charge is 0.309 e. The minimum atomic E-state index is 0.334. The number of nitrogens with one attached hydrogen (secondary N) is 1. The zero-order chi connectivity index (χ0) is 8.20. The van der Waals surface area contributed by atoms with Crippen LogP contribution in [0.2, 0.25) is 0 Å². The van der Waals surface area contributed by atoms with E-state index in [1.165, 1.54) is 12.8 Å². The van der Waals surface area contributed by atoms with Crippen LogP contribution in [0.15, 0.2) is 0 Å². The van der Waals surface area contributed by atoms with E-state index in [1.807, 2.05) is 13.8 Å². The van der Waals surface area contributed by atoms with Crippen molar-refractivity contribution in [2.75, 3.05) is 0 Å². The van der Waals surface area contributed by atoms with Crippen molar-refractivity contribution < 1.29 is 0 Å². The molecule has 0 heterocycles. The molecule has 0 aromatic rings. The number of hydrogen-bond acceptors (Lipinski definition) is 1. The Morgan fingerprint density at radius 1 is 1.10 bits per heavy atom. The van der Waals surface area contributed by atoms with E-state index in [1.54, 1.807) is 0 Å². The van der Waals surface area contributed by atoms with Crippen molar-refractivity contribution in [1.29, 1.82) is 0 Å². The molecule has 0 amide bonds. The third-order valence-corrected chi connectivity index (χ3v) is 1.21. The van der Waals surface area contributed by atoms with Crippen LogP contribution < -0.4 is 5.32 Å². The minimum absolute atomic E-state index is 0.334. The van der Waals surface area contributed by atoms with E-state index in [9.17, 15) is 0 Å². The van der Waals surface area contributed by atoms with E-state index < -0.39 is 0 Å². The van der Waals surface area contributed by atoms with Crippen LogP contribution in [0.4, 0.5) is 0 Å². The molecule has 0 radical (unpaired) electrons. The summed E-state index contributed by atoms with van der Waals surface area (Å²) in [5.74, 6) is 0. The number of hydrogen-bond donors (Lipinski definition) is 1. The molecule has 0 spiro atoms. The Balaban J connectivity index is 0.000000371. The summed E-state index contributed by atoms with van der Waals surface area (Å²) in [6, 6.07) is 0.843. The fourth-order valence-electron chi connectivity index (χ4n) is 0.840. The van der Waals surface area contributed by atoms with Crippen molar-refractivity contribution in [1.82, 2.24) is 5.32 Å². The molecule has 1 aliphatic rings. The lowest BCUT2D eigenvalue weighted by atomic mass is 10.1. The molecule has 0 aromatic carbocycles. The van der Waals surface area contributed by atoms with Crippen molar-refractivity contribution in [2.24, 2.45) is 0 Å². The quantitative estimate of drug-likeness (QED) is 0.595. The molecule has 0 aromatic heterocycles. The SMILES string of the molecule is CC.CC(C)(C)NC1CC1. The Labute approximate surface area is 65.2 Å². The first-order valence-corrected chi connectivity index (χ1v) is 4.36. The second-order valence-corrected chi connectivity index (χ2v) is 3.67. The Kier molecular flexibility index (Phi) is 3.95. The van der Waals surface area contributed by atoms with E-state index in [4.69, 9.17) is 0 Å². The molecule has 62 valence electrons. The summed E-state index contributed by atoms with van der Waals surface area (Å²) in [6.45, 7) is 10.6. The van der Waals surface area contributed by atoms with Gasteiger partial charge in [0.25, 0.3) is 0 Å². The second-order valence-electron chi connectivity index (χ2n) is 3.67. The average molecular weight is 143 g/mol. The van der Waals surface area contributed by atoms with Crippen LogP contribution >= 0.6 is 0 Å². The highest BCUT2D eigenvalue weighted by atomic mass is 15.0. The first-order chi connectivity index (χ1) is 4.58. The Morgan fingerprint density at radius 2 is 1.50 bits per heavy atom. The van der Waals surface area contributed by atoms with E-state index in [2.05, 4.69) is 26.1 Å². The fourth-order valence-corrected chi connectivity index (χ4v) is 0.840. The lowest BCUT2D eigenvalue weighted by Crippen LogP contribution is -2.37. The first kappa shape index (κ1) is 9.96. The summed E-state index contributed by atoms with van der Waals surface area (Å²) in [6.07, 6.45) is 2.77. The molecule has 1 heteroatoms. The average Bonchev–Trinajstić information content (AvgIpc) is 2.52. The molecule has 1 rings (SSSR count). The van der Waals surface area contributed by atoms with Gasteiger partial charge in [0.05, 0.1) is 0 Å². The molecule has 0 atom stereocenters. The lowest BCUT2D eigenvalue weighted by Gasteiger charge is -2.19. The first-order valence-electron chi connectivity index (χ1n) is 4.36. The predicted molar refractivity (Wildman–Crippen MR) is 47.3 cm³/mol. The van der Waals surface area contributed by atoms with Crippen molar-refractivity contribution >= 4 is 0 Å². The van der Waals surface area contributed by atoms with E-state index in [-0.39, 0.29) is 0 Å². The van der Waals surface area contributed by atoms with Gasteiger partial charge in [0, 0.05) is 11.6 Å². The van der Waals surface area contributed by atoms with Crippen LogP contribution in [0.25, 0.3) is 0 Å². The van der Waals surface area contributed by atoms with Gasteiger partial charge in [-0.2, -0.15) is 0 Å². The van der Waals surface area contributed by atoms with Gasteiger partial charge < -0.3 is 5.32 Å². The van der Waals surface area contributed by atoms with Crippen LogP contribution in [0.3, 0.4) is 0 Å². The van der Waals surface area contributed by atoms with Gasteiger partial charge in [0.2, 0.25) is 0 Å². The maximum atomic E-state index is 3.49. The zero-order valence-electron chi connectivity index (χ0n) is 7.99. The van der Waals surface area contributed by atoms with E-state index in [0.717, 1.165) is 6.04 Å². The summed E-state index contributed by atoms with van der Waals surface area (Å²) in [5.41, 5.74) is 0.334. The summed E-state index contributed by atoms with van der Waals surface area (Å²) < 4.78 is 0. The Hall–Kier alpha value is -0.0400. The van der Waals surface area contributed by atoms with Crippen molar-refractivity contribution in [2.45, 2.75) is 59.0 Å². The monoisotopic (exact) mass is 143 g/mol. The molecule has 0 saturated heterocycles. The maximum Gasteiger partial charge on any atom is 0.00990 e. The molecule has 1 fully saturated rings. The van der Waals surface area contributed by atoms with Crippen LogP contribution in [0.1, 0.15) is 47.5 Å². The Bertz CT molecular complexity index is 77.2. The van der Waals surface area contributed by atoms with Gasteiger partial charge in [-0.05, 0) is 33.6 Å². The van der Waals surface area contributed by atoms with E-state index >= 15 is 0 Å². The van der Waals surface area contributed by atoms with Crippen LogP contribution in [0.5, 0.6) is 0 Å².